The van der Waals surface area contributed by atoms with Crippen LogP contribution in [0.4, 0.5) is 5.69 Å². The van der Waals surface area contributed by atoms with E-state index >= 15 is 0 Å². The number of rotatable bonds is 9. The van der Waals surface area contributed by atoms with Gasteiger partial charge in [-0.3, -0.25) is 4.79 Å². The van der Waals surface area contributed by atoms with Crippen LogP contribution in [0.1, 0.15) is 17.8 Å². The van der Waals surface area contributed by atoms with E-state index < -0.39 is 10.0 Å². The third-order valence-corrected chi connectivity index (χ3v) is 7.35. The molecule has 0 aliphatic carbocycles. The van der Waals surface area contributed by atoms with Gasteiger partial charge in [0, 0.05) is 36.6 Å². The number of benzene rings is 2. The van der Waals surface area contributed by atoms with Gasteiger partial charge >= 0.3 is 0 Å². The van der Waals surface area contributed by atoms with Crippen LogP contribution in [0, 0.1) is 6.92 Å². The third-order valence-electron chi connectivity index (χ3n) is 4.71. The SMILES string of the molecule is COc1ccc(S(=O)(=O)N(C)CCCC(=O)Nc2cccc(-c3csc(C)n3)c2)cc1. The van der Waals surface area contributed by atoms with E-state index in [9.17, 15) is 13.2 Å². The molecule has 3 aromatic rings. The van der Waals surface area contributed by atoms with Crippen molar-refractivity contribution in [3.05, 3.63) is 58.9 Å². The van der Waals surface area contributed by atoms with E-state index in [0.717, 1.165) is 16.3 Å². The molecule has 0 aliphatic heterocycles. The van der Waals surface area contributed by atoms with Crippen LogP contribution in [0.2, 0.25) is 0 Å². The molecule has 164 valence electrons. The average molecular weight is 460 g/mol. The number of methoxy groups -OCH3 is 1. The summed E-state index contributed by atoms with van der Waals surface area (Å²) in [5, 5.41) is 5.84. The Kier molecular flexibility index (Phi) is 7.42. The molecule has 0 saturated carbocycles. The molecule has 0 unspecified atom stereocenters. The minimum absolute atomic E-state index is 0.165. The second-order valence-corrected chi connectivity index (χ2v) is 10.1. The van der Waals surface area contributed by atoms with Gasteiger partial charge in [0.2, 0.25) is 15.9 Å². The van der Waals surface area contributed by atoms with Crippen molar-refractivity contribution in [1.82, 2.24) is 9.29 Å². The molecule has 0 spiro atoms. The Hall–Kier alpha value is -2.75. The quantitative estimate of drug-likeness (QED) is 0.519. The number of aromatic nitrogens is 1. The summed E-state index contributed by atoms with van der Waals surface area (Å²) in [6.07, 6.45) is 0.616. The van der Waals surface area contributed by atoms with Crippen LogP contribution in [0.3, 0.4) is 0 Å². The molecule has 0 bridgehead atoms. The molecule has 0 radical (unpaired) electrons. The zero-order valence-corrected chi connectivity index (χ0v) is 19.3. The second-order valence-electron chi connectivity index (χ2n) is 6.99. The summed E-state index contributed by atoms with van der Waals surface area (Å²) in [6.45, 7) is 2.19. The van der Waals surface area contributed by atoms with Gasteiger partial charge in [0.05, 0.1) is 22.7 Å². The summed E-state index contributed by atoms with van der Waals surface area (Å²) in [5.41, 5.74) is 2.50. The lowest BCUT2D eigenvalue weighted by atomic mass is 10.1. The lowest BCUT2D eigenvalue weighted by molar-refractivity contribution is -0.116. The second kappa shape index (κ2) is 10.0. The fourth-order valence-electron chi connectivity index (χ4n) is 2.99. The van der Waals surface area contributed by atoms with Crippen molar-refractivity contribution in [2.24, 2.45) is 0 Å². The topological polar surface area (TPSA) is 88.6 Å². The van der Waals surface area contributed by atoms with Crippen LogP contribution < -0.4 is 10.1 Å². The van der Waals surface area contributed by atoms with Gasteiger partial charge in [0.15, 0.2) is 0 Å². The number of hydrogen-bond acceptors (Lipinski definition) is 6. The highest BCUT2D eigenvalue weighted by Gasteiger charge is 2.20. The number of aryl methyl sites for hydroxylation is 1. The predicted molar refractivity (Wildman–Crippen MR) is 123 cm³/mol. The maximum absolute atomic E-state index is 12.7. The molecule has 7 nitrogen and oxygen atoms in total. The Morgan fingerprint density at radius 1 is 1.19 bits per heavy atom. The van der Waals surface area contributed by atoms with Crippen LogP contribution in [-0.2, 0) is 14.8 Å². The third kappa shape index (κ3) is 5.90. The highest BCUT2D eigenvalue weighted by molar-refractivity contribution is 7.89. The summed E-state index contributed by atoms with van der Waals surface area (Å²) in [6, 6.07) is 13.7. The lowest BCUT2D eigenvalue weighted by Gasteiger charge is -2.17. The van der Waals surface area contributed by atoms with Crippen LogP contribution in [0.15, 0.2) is 58.8 Å². The highest BCUT2D eigenvalue weighted by atomic mass is 32.2. The molecule has 1 N–H and O–H groups in total. The van der Waals surface area contributed by atoms with Gasteiger partial charge in [-0.15, -0.1) is 11.3 Å². The van der Waals surface area contributed by atoms with E-state index in [1.165, 1.54) is 30.6 Å². The van der Waals surface area contributed by atoms with E-state index in [0.29, 0.717) is 17.9 Å². The van der Waals surface area contributed by atoms with Crippen molar-refractivity contribution in [2.75, 3.05) is 26.0 Å². The molecule has 0 saturated heterocycles. The number of nitrogens with zero attached hydrogens (tertiary/aromatic N) is 2. The Bertz CT molecular complexity index is 1140. The van der Waals surface area contributed by atoms with E-state index in [2.05, 4.69) is 10.3 Å². The summed E-state index contributed by atoms with van der Waals surface area (Å²) < 4.78 is 31.6. The number of carbonyl (C=O) groups excluding carboxylic acids is 1. The predicted octanol–water partition coefficient (Wildman–Crippen LogP) is 4.17. The van der Waals surface area contributed by atoms with Gasteiger partial charge in [-0.05, 0) is 49.7 Å². The maximum atomic E-state index is 12.7. The minimum atomic E-state index is -3.61. The molecular weight excluding hydrogens is 434 g/mol. The molecule has 1 heterocycles. The Labute approximate surface area is 186 Å². The standard InChI is InChI=1S/C22H25N3O4S2/c1-16-23-21(15-30-16)17-6-4-7-18(14-17)24-22(26)8-5-13-25(2)31(27,28)20-11-9-19(29-3)10-12-20/h4,6-7,9-12,14-15H,5,8,13H2,1-3H3,(H,24,26). The van der Waals surface area contributed by atoms with Crippen molar-refractivity contribution >= 4 is 33.0 Å². The number of hydrogen-bond donors (Lipinski definition) is 1. The monoisotopic (exact) mass is 459 g/mol. The number of thiazole rings is 1. The molecular formula is C22H25N3O4S2. The largest absolute Gasteiger partial charge is 0.497 e. The lowest BCUT2D eigenvalue weighted by Crippen LogP contribution is -2.28. The Balaban J connectivity index is 1.53. The number of anilines is 1. The zero-order chi connectivity index (χ0) is 22.4. The molecule has 0 fully saturated rings. The zero-order valence-electron chi connectivity index (χ0n) is 17.7. The molecule has 31 heavy (non-hydrogen) atoms. The minimum Gasteiger partial charge on any atom is -0.497 e. The fraction of sp³-hybridized carbons (Fsp3) is 0.273. The van der Waals surface area contributed by atoms with Gasteiger partial charge in [-0.2, -0.15) is 0 Å². The van der Waals surface area contributed by atoms with E-state index in [1.807, 2.05) is 36.6 Å². The Morgan fingerprint density at radius 3 is 2.58 bits per heavy atom. The first-order valence-corrected chi connectivity index (χ1v) is 12.0. The van der Waals surface area contributed by atoms with Crippen molar-refractivity contribution in [1.29, 1.82) is 0 Å². The summed E-state index contributed by atoms with van der Waals surface area (Å²) in [4.78, 5) is 17.0. The average Bonchev–Trinajstić information content (AvgIpc) is 3.20. The van der Waals surface area contributed by atoms with Gasteiger partial charge in [0.1, 0.15) is 5.75 Å². The number of amides is 1. The van der Waals surface area contributed by atoms with Crippen LogP contribution in [0.25, 0.3) is 11.3 Å². The number of carbonyl (C=O) groups is 1. The van der Waals surface area contributed by atoms with E-state index in [4.69, 9.17) is 4.74 Å². The van der Waals surface area contributed by atoms with Crippen molar-refractivity contribution in [3.8, 4) is 17.0 Å². The maximum Gasteiger partial charge on any atom is 0.242 e. The molecule has 3 rings (SSSR count). The first kappa shape index (κ1) is 22.9. The van der Waals surface area contributed by atoms with Crippen molar-refractivity contribution in [3.63, 3.8) is 0 Å². The van der Waals surface area contributed by atoms with E-state index in [-0.39, 0.29) is 23.8 Å². The molecule has 0 atom stereocenters. The molecule has 9 heteroatoms. The molecule has 0 aliphatic rings. The van der Waals surface area contributed by atoms with Crippen LogP contribution in [0.5, 0.6) is 5.75 Å². The normalized spacial score (nSPS) is 11.5. The summed E-state index contributed by atoms with van der Waals surface area (Å²) >= 11 is 1.58. The first-order valence-electron chi connectivity index (χ1n) is 9.72. The molecule has 1 amide bonds. The summed E-state index contributed by atoms with van der Waals surface area (Å²) in [7, 11) is -0.580. The first-order chi connectivity index (χ1) is 14.8. The summed E-state index contributed by atoms with van der Waals surface area (Å²) in [5.74, 6) is 0.425. The van der Waals surface area contributed by atoms with Gasteiger partial charge in [-0.25, -0.2) is 17.7 Å². The van der Waals surface area contributed by atoms with Crippen molar-refractivity contribution in [2.45, 2.75) is 24.7 Å². The smallest absolute Gasteiger partial charge is 0.242 e. The molecule has 2 aromatic carbocycles. The number of nitrogens with one attached hydrogen (secondary N) is 1. The van der Waals surface area contributed by atoms with Crippen molar-refractivity contribution < 1.29 is 17.9 Å². The Morgan fingerprint density at radius 2 is 1.94 bits per heavy atom. The van der Waals surface area contributed by atoms with Gasteiger partial charge in [-0.1, -0.05) is 12.1 Å². The van der Waals surface area contributed by atoms with Crippen LogP contribution in [-0.4, -0.2) is 44.3 Å². The number of ether oxygens (including phenoxy) is 1. The highest BCUT2D eigenvalue weighted by Crippen LogP contribution is 2.24. The fourth-order valence-corrected chi connectivity index (χ4v) is 4.82. The number of sulfonamides is 1. The molecule has 1 aromatic heterocycles. The van der Waals surface area contributed by atoms with E-state index in [1.54, 1.807) is 23.5 Å². The van der Waals surface area contributed by atoms with Gasteiger partial charge in [0.25, 0.3) is 0 Å². The van der Waals surface area contributed by atoms with Gasteiger partial charge < -0.3 is 10.1 Å². The van der Waals surface area contributed by atoms with Crippen LogP contribution >= 0.6 is 11.3 Å².